The molecule has 0 aromatic heterocycles. The highest BCUT2D eigenvalue weighted by molar-refractivity contribution is 5.45. The Balaban J connectivity index is 2.39. The van der Waals surface area contributed by atoms with Gasteiger partial charge in [-0.3, -0.25) is 0 Å². The highest BCUT2D eigenvalue weighted by Crippen LogP contribution is 2.35. The lowest BCUT2D eigenvalue weighted by Gasteiger charge is -2.18. The van der Waals surface area contributed by atoms with Crippen LogP contribution in [0.2, 0.25) is 0 Å². The summed E-state index contributed by atoms with van der Waals surface area (Å²) in [5.74, 6) is 1.79. The molecule has 0 unspecified atom stereocenters. The predicted octanol–water partition coefficient (Wildman–Crippen LogP) is 2.98. The van der Waals surface area contributed by atoms with Gasteiger partial charge in [-0.2, -0.15) is 0 Å². The molecule has 2 atom stereocenters. The second-order valence-electron chi connectivity index (χ2n) is 5.00. The van der Waals surface area contributed by atoms with Crippen molar-refractivity contribution in [2.24, 2.45) is 5.92 Å². The molecule has 0 bridgehead atoms. The van der Waals surface area contributed by atoms with E-state index in [1.165, 1.54) is 23.1 Å². The lowest BCUT2D eigenvalue weighted by Crippen LogP contribution is -2.15. The standard InChI is InChI=1S/C14H21NO/c1-9-5-11(3)14(13(7-9)16-4)12-6-10(2)8-15-12/h5,7,10,12,15H,6,8H2,1-4H3/t10-,12-/m0/s1. The van der Waals surface area contributed by atoms with E-state index < -0.39 is 0 Å². The van der Waals surface area contributed by atoms with Gasteiger partial charge in [-0.05, 0) is 49.9 Å². The summed E-state index contributed by atoms with van der Waals surface area (Å²) < 4.78 is 5.51. The van der Waals surface area contributed by atoms with Crippen LogP contribution in [0.5, 0.6) is 5.75 Å². The number of rotatable bonds is 2. The molecule has 0 aliphatic carbocycles. The molecule has 2 heteroatoms. The number of nitrogens with one attached hydrogen (secondary N) is 1. The van der Waals surface area contributed by atoms with Gasteiger partial charge >= 0.3 is 0 Å². The maximum absolute atomic E-state index is 5.51. The summed E-state index contributed by atoms with van der Waals surface area (Å²) in [4.78, 5) is 0. The quantitative estimate of drug-likeness (QED) is 0.825. The summed E-state index contributed by atoms with van der Waals surface area (Å²) in [6.45, 7) is 7.70. The van der Waals surface area contributed by atoms with Gasteiger partial charge < -0.3 is 10.1 Å². The molecule has 1 fully saturated rings. The van der Waals surface area contributed by atoms with Gasteiger partial charge in [-0.25, -0.2) is 0 Å². The Morgan fingerprint density at radius 2 is 2.06 bits per heavy atom. The van der Waals surface area contributed by atoms with Crippen LogP contribution in [0.15, 0.2) is 12.1 Å². The Morgan fingerprint density at radius 3 is 2.62 bits per heavy atom. The molecular formula is C14H21NO. The average Bonchev–Trinajstić information content (AvgIpc) is 2.63. The molecule has 1 aromatic carbocycles. The minimum absolute atomic E-state index is 0.463. The second-order valence-corrected chi connectivity index (χ2v) is 5.00. The number of aryl methyl sites for hydroxylation is 2. The summed E-state index contributed by atoms with van der Waals surface area (Å²) in [5.41, 5.74) is 3.95. The van der Waals surface area contributed by atoms with E-state index in [-0.39, 0.29) is 0 Å². The molecule has 0 spiro atoms. The topological polar surface area (TPSA) is 21.3 Å². The van der Waals surface area contributed by atoms with E-state index in [2.05, 4.69) is 38.2 Å². The van der Waals surface area contributed by atoms with Gasteiger partial charge in [0.15, 0.2) is 0 Å². The Morgan fingerprint density at radius 1 is 1.31 bits per heavy atom. The van der Waals surface area contributed by atoms with Crippen LogP contribution in [0.3, 0.4) is 0 Å². The molecular weight excluding hydrogens is 198 g/mol. The van der Waals surface area contributed by atoms with Gasteiger partial charge in [0.1, 0.15) is 5.75 Å². The Hall–Kier alpha value is -1.02. The van der Waals surface area contributed by atoms with Gasteiger partial charge in [-0.1, -0.05) is 13.0 Å². The first kappa shape index (κ1) is 11.5. The van der Waals surface area contributed by atoms with Crippen molar-refractivity contribution in [3.63, 3.8) is 0 Å². The van der Waals surface area contributed by atoms with E-state index in [0.29, 0.717) is 6.04 Å². The zero-order chi connectivity index (χ0) is 11.7. The zero-order valence-electron chi connectivity index (χ0n) is 10.6. The largest absolute Gasteiger partial charge is 0.496 e. The van der Waals surface area contributed by atoms with Crippen LogP contribution in [0.1, 0.15) is 36.1 Å². The molecule has 1 aromatic rings. The molecule has 1 aliphatic heterocycles. The average molecular weight is 219 g/mol. The minimum atomic E-state index is 0.463. The molecule has 2 rings (SSSR count). The Labute approximate surface area is 98.0 Å². The second kappa shape index (κ2) is 4.46. The van der Waals surface area contributed by atoms with Crippen molar-refractivity contribution in [3.8, 4) is 5.75 Å². The Bertz CT molecular complexity index is 387. The fourth-order valence-electron chi connectivity index (χ4n) is 2.69. The number of benzene rings is 1. The van der Waals surface area contributed by atoms with E-state index in [0.717, 1.165) is 18.2 Å². The summed E-state index contributed by atoms with van der Waals surface area (Å²) in [6, 6.07) is 4.83. The highest BCUT2D eigenvalue weighted by Gasteiger charge is 2.26. The minimum Gasteiger partial charge on any atom is -0.496 e. The summed E-state index contributed by atoms with van der Waals surface area (Å²) >= 11 is 0. The molecule has 88 valence electrons. The number of hydrogen-bond acceptors (Lipinski definition) is 2. The van der Waals surface area contributed by atoms with E-state index in [9.17, 15) is 0 Å². The van der Waals surface area contributed by atoms with Crippen LogP contribution >= 0.6 is 0 Å². The molecule has 0 saturated carbocycles. The fourth-order valence-corrected chi connectivity index (χ4v) is 2.69. The third kappa shape index (κ3) is 2.07. The van der Waals surface area contributed by atoms with Crippen molar-refractivity contribution in [1.29, 1.82) is 0 Å². The first-order valence-electron chi connectivity index (χ1n) is 6.00. The third-order valence-electron chi connectivity index (χ3n) is 3.41. The molecule has 2 nitrogen and oxygen atoms in total. The van der Waals surface area contributed by atoms with E-state index in [4.69, 9.17) is 4.74 Å². The number of ether oxygens (including phenoxy) is 1. The van der Waals surface area contributed by atoms with Crippen LogP contribution in [0, 0.1) is 19.8 Å². The van der Waals surface area contributed by atoms with Crippen molar-refractivity contribution in [2.45, 2.75) is 33.2 Å². The number of methoxy groups -OCH3 is 1. The first-order chi connectivity index (χ1) is 7.61. The molecule has 1 saturated heterocycles. The predicted molar refractivity (Wildman–Crippen MR) is 67.0 cm³/mol. The normalized spacial score (nSPS) is 24.8. The van der Waals surface area contributed by atoms with Crippen LogP contribution in [0.4, 0.5) is 0 Å². The van der Waals surface area contributed by atoms with Crippen LogP contribution in [0.25, 0.3) is 0 Å². The van der Waals surface area contributed by atoms with Crippen LogP contribution in [-0.2, 0) is 0 Å². The molecule has 1 aliphatic rings. The summed E-state index contributed by atoms with van der Waals surface area (Å²) in [6.07, 6.45) is 1.21. The monoisotopic (exact) mass is 219 g/mol. The smallest absolute Gasteiger partial charge is 0.124 e. The van der Waals surface area contributed by atoms with E-state index in [1.54, 1.807) is 7.11 Å². The third-order valence-corrected chi connectivity index (χ3v) is 3.41. The highest BCUT2D eigenvalue weighted by atomic mass is 16.5. The van der Waals surface area contributed by atoms with Crippen molar-refractivity contribution in [1.82, 2.24) is 5.32 Å². The van der Waals surface area contributed by atoms with E-state index in [1.807, 2.05) is 0 Å². The lowest BCUT2D eigenvalue weighted by molar-refractivity contribution is 0.401. The van der Waals surface area contributed by atoms with Crippen molar-refractivity contribution >= 4 is 0 Å². The molecule has 1 N–H and O–H groups in total. The maximum atomic E-state index is 5.51. The SMILES string of the molecule is COc1cc(C)cc(C)c1[C@@H]1C[C@H](C)CN1. The van der Waals surface area contributed by atoms with Crippen molar-refractivity contribution in [2.75, 3.05) is 13.7 Å². The molecule has 1 heterocycles. The number of hydrogen-bond donors (Lipinski definition) is 1. The Kier molecular flexibility index (Phi) is 3.20. The van der Waals surface area contributed by atoms with Gasteiger partial charge in [0, 0.05) is 11.6 Å². The van der Waals surface area contributed by atoms with E-state index >= 15 is 0 Å². The molecule has 16 heavy (non-hydrogen) atoms. The van der Waals surface area contributed by atoms with Gasteiger partial charge in [0.2, 0.25) is 0 Å². The van der Waals surface area contributed by atoms with Crippen molar-refractivity contribution < 1.29 is 4.74 Å². The first-order valence-corrected chi connectivity index (χ1v) is 6.00. The van der Waals surface area contributed by atoms with Gasteiger partial charge in [-0.15, -0.1) is 0 Å². The maximum Gasteiger partial charge on any atom is 0.124 e. The van der Waals surface area contributed by atoms with Crippen LogP contribution in [-0.4, -0.2) is 13.7 Å². The zero-order valence-corrected chi connectivity index (χ0v) is 10.6. The van der Waals surface area contributed by atoms with Crippen molar-refractivity contribution in [3.05, 3.63) is 28.8 Å². The summed E-state index contributed by atoms with van der Waals surface area (Å²) in [5, 5.41) is 3.58. The molecule has 0 radical (unpaired) electrons. The van der Waals surface area contributed by atoms with Gasteiger partial charge in [0.05, 0.1) is 7.11 Å². The lowest BCUT2D eigenvalue weighted by atomic mass is 9.95. The summed E-state index contributed by atoms with van der Waals surface area (Å²) in [7, 11) is 1.76. The van der Waals surface area contributed by atoms with Crippen LogP contribution < -0.4 is 10.1 Å². The molecule has 0 amide bonds. The fraction of sp³-hybridized carbons (Fsp3) is 0.571. The van der Waals surface area contributed by atoms with Gasteiger partial charge in [0.25, 0.3) is 0 Å².